The third kappa shape index (κ3) is 10.4. The molecule has 0 saturated heterocycles. The van der Waals surface area contributed by atoms with Gasteiger partial charge in [0.05, 0.1) is 19.8 Å². The third-order valence-corrected chi connectivity index (χ3v) is 5.68. The summed E-state index contributed by atoms with van der Waals surface area (Å²) in [6, 6.07) is 14.4. The van der Waals surface area contributed by atoms with Crippen LogP contribution in [0, 0.1) is 0 Å². The van der Waals surface area contributed by atoms with Gasteiger partial charge in [-0.3, -0.25) is 0 Å². The molecule has 2 rings (SSSR count). The summed E-state index contributed by atoms with van der Waals surface area (Å²) in [7, 11) is -4.12. The van der Waals surface area contributed by atoms with Crippen molar-refractivity contribution in [1.29, 1.82) is 0 Å². The predicted molar refractivity (Wildman–Crippen MR) is 129 cm³/mol. The standard InChI is InChI=1S/C24H33NO7S/c26-17-3-1-2-4-20-31-33(29,30)32-24-13-9-22(10-14-24)6-5-21-7-11-23(12-8-21)25(15-18-27)16-19-28/h5-14,26-28H,1-4,15-20H2. The summed E-state index contributed by atoms with van der Waals surface area (Å²) in [6.45, 7) is 1.12. The quantitative estimate of drug-likeness (QED) is 0.249. The van der Waals surface area contributed by atoms with Crippen LogP contribution in [0.3, 0.4) is 0 Å². The Labute approximate surface area is 196 Å². The van der Waals surface area contributed by atoms with Crippen LogP contribution in [0.25, 0.3) is 12.2 Å². The molecule has 0 aliphatic rings. The van der Waals surface area contributed by atoms with Gasteiger partial charge in [0.15, 0.2) is 0 Å². The molecule has 2 aromatic rings. The molecule has 182 valence electrons. The second-order valence-electron chi connectivity index (χ2n) is 7.38. The highest BCUT2D eigenvalue weighted by molar-refractivity contribution is 7.82. The van der Waals surface area contributed by atoms with Crippen LogP contribution < -0.4 is 9.08 Å². The average molecular weight is 480 g/mol. The van der Waals surface area contributed by atoms with E-state index in [0.29, 0.717) is 25.9 Å². The normalized spacial score (nSPS) is 11.7. The molecule has 0 atom stereocenters. The van der Waals surface area contributed by atoms with E-state index in [1.807, 2.05) is 41.3 Å². The molecule has 0 bridgehead atoms. The number of aliphatic hydroxyl groups is 3. The Morgan fingerprint density at radius 1 is 0.727 bits per heavy atom. The molecule has 0 spiro atoms. The van der Waals surface area contributed by atoms with Crippen molar-refractivity contribution in [3.63, 3.8) is 0 Å². The Bertz CT molecular complexity index is 922. The lowest BCUT2D eigenvalue weighted by Gasteiger charge is -2.22. The number of nitrogens with zero attached hydrogens (tertiary/aromatic N) is 1. The number of aliphatic hydroxyl groups excluding tert-OH is 3. The minimum atomic E-state index is -4.12. The van der Waals surface area contributed by atoms with Crippen LogP contribution in [0.5, 0.6) is 5.75 Å². The second-order valence-corrected chi connectivity index (χ2v) is 8.60. The van der Waals surface area contributed by atoms with Crippen LogP contribution in [-0.2, 0) is 14.6 Å². The Kier molecular flexibility index (Phi) is 11.9. The first-order chi connectivity index (χ1) is 16.0. The van der Waals surface area contributed by atoms with Gasteiger partial charge in [0.2, 0.25) is 0 Å². The molecule has 0 heterocycles. The van der Waals surface area contributed by atoms with E-state index in [9.17, 15) is 8.42 Å². The van der Waals surface area contributed by atoms with Gasteiger partial charge >= 0.3 is 10.4 Å². The van der Waals surface area contributed by atoms with Crippen LogP contribution in [0.4, 0.5) is 5.69 Å². The average Bonchev–Trinajstić information content (AvgIpc) is 2.81. The number of anilines is 1. The molecule has 9 heteroatoms. The number of benzene rings is 2. The summed E-state index contributed by atoms with van der Waals surface area (Å²) in [6.07, 6.45) is 6.71. The zero-order valence-electron chi connectivity index (χ0n) is 18.7. The van der Waals surface area contributed by atoms with Gasteiger partial charge in [0.25, 0.3) is 0 Å². The summed E-state index contributed by atoms with van der Waals surface area (Å²) in [5.41, 5.74) is 2.77. The van der Waals surface area contributed by atoms with Crippen LogP contribution in [-0.4, -0.2) is 63.3 Å². The summed E-state index contributed by atoms with van der Waals surface area (Å²) < 4.78 is 33.6. The molecule has 0 amide bonds. The van der Waals surface area contributed by atoms with E-state index in [0.717, 1.165) is 29.7 Å². The number of hydrogen-bond donors (Lipinski definition) is 3. The minimum absolute atomic E-state index is 0.0141. The maximum Gasteiger partial charge on any atom is 0.449 e. The molecule has 8 nitrogen and oxygen atoms in total. The van der Waals surface area contributed by atoms with E-state index in [4.69, 9.17) is 23.7 Å². The first-order valence-electron chi connectivity index (χ1n) is 11.0. The van der Waals surface area contributed by atoms with Gasteiger partial charge in [-0.15, -0.1) is 0 Å². The van der Waals surface area contributed by atoms with Crippen molar-refractivity contribution >= 4 is 28.2 Å². The van der Waals surface area contributed by atoms with Crippen molar-refractivity contribution in [2.24, 2.45) is 0 Å². The molecule has 0 aliphatic carbocycles. The van der Waals surface area contributed by atoms with Gasteiger partial charge in [0.1, 0.15) is 5.75 Å². The van der Waals surface area contributed by atoms with E-state index in [2.05, 4.69) is 0 Å². The molecular weight excluding hydrogens is 446 g/mol. The van der Waals surface area contributed by atoms with Crippen LogP contribution >= 0.6 is 0 Å². The van der Waals surface area contributed by atoms with E-state index in [1.165, 1.54) is 0 Å². The lowest BCUT2D eigenvalue weighted by atomic mass is 10.1. The van der Waals surface area contributed by atoms with E-state index >= 15 is 0 Å². The van der Waals surface area contributed by atoms with Crippen molar-refractivity contribution in [3.05, 3.63) is 59.7 Å². The fraction of sp³-hybridized carbons (Fsp3) is 0.417. The largest absolute Gasteiger partial charge is 0.449 e. The van der Waals surface area contributed by atoms with Gasteiger partial charge in [-0.25, -0.2) is 4.18 Å². The molecule has 0 saturated carbocycles. The lowest BCUT2D eigenvalue weighted by Crippen LogP contribution is -2.29. The smallest absolute Gasteiger partial charge is 0.396 e. The zero-order valence-corrected chi connectivity index (χ0v) is 19.5. The lowest BCUT2D eigenvalue weighted by molar-refractivity contribution is 0.257. The Morgan fingerprint density at radius 2 is 1.27 bits per heavy atom. The highest BCUT2D eigenvalue weighted by Crippen LogP contribution is 2.19. The maximum absolute atomic E-state index is 11.9. The number of rotatable bonds is 16. The minimum Gasteiger partial charge on any atom is -0.396 e. The highest BCUT2D eigenvalue weighted by atomic mass is 32.3. The summed E-state index contributed by atoms with van der Waals surface area (Å²) >= 11 is 0. The maximum atomic E-state index is 11.9. The first-order valence-corrected chi connectivity index (χ1v) is 12.4. The van der Waals surface area contributed by atoms with Crippen LogP contribution in [0.2, 0.25) is 0 Å². The van der Waals surface area contributed by atoms with Gasteiger partial charge in [-0.2, -0.15) is 8.42 Å². The zero-order chi connectivity index (χ0) is 23.9. The highest BCUT2D eigenvalue weighted by Gasteiger charge is 2.13. The van der Waals surface area contributed by atoms with Gasteiger partial charge in [0, 0.05) is 25.4 Å². The summed E-state index contributed by atoms with van der Waals surface area (Å²) in [5.74, 6) is 0.171. The molecule has 0 fully saturated rings. The van der Waals surface area contributed by atoms with Crippen LogP contribution in [0.1, 0.15) is 36.8 Å². The fourth-order valence-electron chi connectivity index (χ4n) is 3.10. The number of hydrogen-bond acceptors (Lipinski definition) is 8. The SMILES string of the molecule is O=S(=O)(OCCCCCCO)Oc1ccc(C=Cc2ccc(N(CCO)CCO)cc2)cc1. The molecule has 3 N–H and O–H groups in total. The Balaban J connectivity index is 1.87. The third-order valence-electron chi connectivity index (χ3n) is 4.82. The van der Waals surface area contributed by atoms with Crippen LogP contribution in [0.15, 0.2) is 48.5 Å². The molecule has 2 aromatic carbocycles. The van der Waals surface area contributed by atoms with E-state index in [1.54, 1.807) is 24.3 Å². The van der Waals surface area contributed by atoms with Crippen molar-refractivity contribution < 1.29 is 32.1 Å². The molecular formula is C24H33NO7S. The molecule has 0 aromatic heterocycles. The van der Waals surface area contributed by atoms with Gasteiger partial charge in [-0.05, 0) is 48.2 Å². The predicted octanol–water partition coefficient (Wildman–Crippen LogP) is 2.84. The van der Waals surface area contributed by atoms with E-state index < -0.39 is 10.4 Å². The van der Waals surface area contributed by atoms with Crippen molar-refractivity contribution in [2.75, 3.05) is 44.4 Å². The van der Waals surface area contributed by atoms with E-state index in [-0.39, 0.29) is 32.2 Å². The monoisotopic (exact) mass is 479 g/mol. The Morgan fingerprint density at radius 3 is 1.82 bits per heavy atom. The van der Waals surface area contributed by atoms with Gasteiger partial charge in [-0.1, -0.05) is 49.3 Å². The molecule has 0 aliphatic heterocycles. The van der Waals surface area contributed by atoms with Gasteiger partial charge < -0.3 is 24.4 Å². The summed E-state index contributed by atoms with van der Waals surface area (Å²) in [4.78, 5) is 1.90. The molecule has 33 heavy (non-hydrogen) atoms. The second kappa shape index (κ2) is 14.7. The molecule has 0 unspecified atom stereocenters. The topological polar surface area (TPSA) is 117 Å². The Hall–Kier alpha value is -2.43. The number of unbranched alkanes of at least 4 members (excludes halogenated alkanes) is 3. The van der Waals surface area contributed by atoms with Crippen molar-refractivity contribution in [2.45, 2.75) is 25.7 Å². The first kappa shape index (κ1) is 26.8. The van der Waals surface area contributed by atoms with Crippen molar-refractivity contribution in [3.8, 4) is 5.75 Å². The fourth-order valence-corrected chi connectivity index (χ4v) is 3.82. The van der Waals surface area contributed by atoms with Crippen molar-refractivity contribution in [1.82, 2.24) is 0 Å². The molecule has 0 radical (unpaired) electrons. The summed E-state index contributed by atoms with van der Waals surface area (Å²) in [5, 5.41) is 27.0.